The highest BCUT2D eigenvalue weighted by Crippen LogP contribution is 2.45. The van der Waals surface area contributed by atoms with Gasteiger partial charge in [0.2, 0.25) is 5.78 Å². The molecule has 0 aromatic heterocycles. The van der Waals surface area contributed by atoms with Crippen LogP contribution in [0.1, 0.15) is 31.8 Å². The van der Waals surface area contributed by atoms with E-state index in [4.69, 9.17) is 4.55 Å². The van der Waals surface area contributed by atoms with E-state index in [0.717, 1.165) is 30.3 Å². The number of phenolic OH excluding ortho intramolecular Hbond substituents is 4. The molecule has 0 saturated heterocycles. The van der Waals surface area contributed by atoms with Crippen molar-refractivity contribution in [2.45, 2.75) is 0 Å². The van der Waals surface area contributed by atoms with Crippen LogP contribution in [0.25, 0.3) is 10.8 Å². The van der Waals surface area contributed by atoms with Gasteiger partial charge in [0.15, 0.2) is 11.5 Å². The molecule has 0 amide bonds. The van der Waals surface area contributed by atoms with E-state index in [1.807, 2.05) is 0 Å². The van der Waals surface area contributed by atoms with Crippen LogP contribution < -0.4 is 4.18 Å². The van der Waals surface area contributed by atoms with Crippen LogP contribution in [0.15, 0.2) is 30.3 Å². The molecule has 0 heterocycles. The van der Waals surface area contributed by atoms with Crippen LogP contribution in [0.2, 0.25) is 0 Å². The van der Waals surface area contributed by atoms with E-state index in [-0.39, 0.29) is 21.9 Å². The number of hydrogen-bond acceptors (Lipinski definition) is 9. The lowest BCUT2D eigenvalue weighted by molar-refractivity contribution is 0.0974. The maximum Gasteiger partial charge on any atom is 0.446 e. The fourth-order valence-electron chi connectivity index (χ4n) is 3.36. The van der Waals surface area contributed by atoms with E-state index < -0.39 is 61.8 Å². The van der Waals surface area contributed by atoms with Gasteiger partial charge in [-0.1, -0.05) is 0 Å². The molecule has 0 bridgehead atoms. The maximum absolute atomic E-state index is 12.9. The number of ketones is 2. The van der Waals surface area contributed by atoms with Crippen LogP contribution in [0, 0.1) is 0 Å². The third-order valence-electron chi connectivity index (χ3n) is 4.40. The molecule has 0 spiro atoms. The summed E-state index contributed by atoms with van der Waals surface area (Å²) in [6, 6.07) is 4.78. The predicted octanol–water partition coefficient (Wildman–Crippen LogP) is 1.62. The molecule has 0 saturated carbocycles. The number of benzene rings is 3. The van der Waals surface area contributed by atoms with E-state index in [1.54, 1.807) is 0 Å². The summed E-state index contributed by atoms with van der Waals surface area (Å²) in [5.74, 6) is -4.98. The van der Waals surface area contributed by atoms with Gasteiger partial charge in [-0.3, -0.25) is 14.1 Å². The first kappa shape index (κ1) is 18.5. The third-order valence-corrected chi connectivity index (χ3v) is 4.79. The Morgan fingerprint density at radius 2 is 1.38 bits per heavy atom. The van der Waals surface area contributed by atoms with Crippen LogP contribution in [0.4, 0.5) is 0 Å². The molecule has 0 atom stereocenters. The first-order chi connectivity index (χ1) is 13.5. The number of phenols is 4. The van der Waals surface area contributed by atoms with Crippen molar-refractivity contribution >= 4 is 32.7 Å². The van der Waals surface area contributed by atoms with Crippen LogP contribution in [0.5, 0.6) is 28.7 Å². The Morgan fingerprint density at radius 1 is 0.759 bits per heavy atom. The quantitative estimate of drug-likeness (QED) is 0.300. The van der Waals surface area contributed by atoms with Crippen LogP contribution >= 0.6 is 0 Å². The number of aromatic hydroxyl groups is 4. The number of carbonyl (C=O) groups excluding carboxylic acids is 2. The Labute approximate surface area is 161 Å². The molecule has 5 N–H and O–H groups in total. The largest absolute Gasteiger partial charge is 0.508 e. The average molecular weight is 418 g/mol. The Morgan fingerprint density at radius 3 is 2.03 bits per heavy atom. The molecular weight excluding hydrogens is 408 g/mol. The zero-order valence-corrected chi connectivity index (χ0v) is 14.9. The lowest BCUT2D eigenvalue weighted by atomic mass is 9.81. The van der Waals surface area contributed by atoms with Gasteiger partial charge in [-0.05, 0) is 23.6 Å². The Bertz CT molecular complexity index is 1370. The molecule has 0 unspecified atom stereocenters. The number of rotatable bonds is 2. The smallest absolute Gasteiger partial charge is 0.446 e. The first-order valence-electron chi connectivity index (χ1n) is 7.83. The van der Waals surface area contributed by atoms with E-state index in [2.05, 4.69) is 4.18 Å². The van der Waals surface area contributed by atoms with Gasteiger partial charge >= 0.3 is 10.4 Å². The Hall–Kier alpha value is -3.83. The molecule has 1 aliphatic carbocycles. The molecule has 3 aromatic rings. The fraction of sp³-hybridized carbons (Fsp3) is 0. The number of carbonyl (C=O) groups is 2. The molecule has 29 heavy (non-hydrogen) atoms. The molecule has 0 fully saturated rings. The molecule has 148 valence electrons. The summed E-state index contributed by atoms with van der Waals surface area (Å²) in [5, 5.41) is 39.7. The van der Waals surface area contributed by atoms with Gasteiger partial charge in [0.1, 0.15) is 23.0 Å². The van der Waals surface area contributed by atoms with Crippen LogP contribution in [0.3, 0.4) is 0 Å². The van der Waals surface area contributed by atoms with E-state index >= 15 is 0 Å². The molecule has 4 rings (SSSR count). The summed E-state index contributed by atoms with van der Waals surface area (Å²) >= 11 is 0. The SMILES string of the molecule is O=C1c2cc(O)cc(O)c2C(=O)c2c1cc1cc(O)cc(OS(=O)(=O)O)c1c2O. The van der Waals surface area contributed by atoms with Gasteiger partial charge in [-0.25, -0.2) is 0 Å². The van der Waals surface area contributed by atoms with Crippen molar-refractivity contribution in [3.05, 3.63) is 52.6 Å². The molecule has 11 heteroatoms. The summed E-state index contributed by atoms with van der Waals surface area (Å²) in [4.78, 5) is 25.7. The number of hydrogen-bond donors (Lipinski definition) is 5. The number of fused-ring (bicyclic) bond motifs is 3. The normalized spacial score (nSPS) is 13.3. The van der Waals surface area contributed by atoms with Gasteiger partial charge in [0.25, 0.3) is 0 Å². The molecule has 10 nitrogen and oxygen atoms in total. The maximum atomic E-state index is 12.9. The third kappa shape index (κ3) is 2.80. The standard InChI is InChI=1S/C18H10O10S/c19-7-1-6-2-9-15(17(23)13(6)12(5-7)28-29(25,26)27)18(24)14-10(16(9)22)3-8(20)4-11(14)21/h1-5,19-21,23H,(H,25,26,27). The van der Waals surface area contributed by atoms with Crippen molar-refractivity contribution in [2.75, 3.05) is 0 Å². The zero-order chi connectivity index (χ0) is 21.2. The van der Waals surface area contributed by atoms with Crippen molar-refractivity contribution in [2.24, 2.45) is 0 Å². The highest BCUT2D eigenvalue weighted by Gasteiger charge is 2.36. The Balaban J connectivity index is 2.10. The van der Waals surface area contributed by atoms with E-state index in [9.17, 15) is 38.4 Å². The lowest BCUT2D eigenvalue weighted by Gasteiger charge is -2.21. The summed E-state index contributed by atoms with van der Waals surface area (Å²) in [6.45, 7) is 0. The second kappa shape index (κ2) is 5.83. The molecular formula is C18H10O10S. The van der Waals surface area contributed by atoms with Gasteiger partial charge < -0.3 is 24.6 Å². The minimum absolute atomic E-state index is 0.0751. The molecule has 3 aromatic carbocycles. The lowest BCUT2D eigenvalue weighted by Crippen LogP contribution is -2.21. The van der Waals surface area contributed by atoms with Crippen LogP contribution in [-0.2, 0) is 10.4 Å². The van der Waals surface area contributed by atoms with Gasteiger partial charge in [0.05, 0.1) is 16.5 Å². The second-order valence-electron chi connectivity index (χ2n) is 6.25. The van der Waals surface area contributed by atoms with E-state index in [0.29, 0.717) is 0 Å². The topological polar surface area (TPSA) is 179 Å². The first-order valence-corrected chi connectivity index (χ1v) is 9.19. The highest BCUT2D eigenvalue weighted by atomic mass is 32.3. The average Bonchev–Trinajstić information content (AvgIpc) is 2.56. The summed E-state index contributed by atoms with van der Waals surface area (Å²) in [6.07, 6.45) is 0. The van der Waals surface area contributed by atoms with Gasteiger partial charge in [0, 0.05) is 23.3 Å². The summed E-state index contributed by atoms with van der Waals surface area (Å²) in [7, 11) is -5.05. The predicted molar refractivity (Wildman–Crippen MR) is 96.1 cm³/mol. The molecule has 0 aliphatic heterocycles. The van der Waals surface area contributed by atoms with E-state index in [1.165, 1.54) is 0 Å². The van der Waals surface area contributed by atoms with Crippen LogP contribution in [-0.4, -0.2) is 45.0 Å². The minimum atomic E-state index is -5.05. The minimum Gasteiger partial charge on any atom is -0.508 e. The van der Waals surface area contributed by atoms with Crippen molar-refractivity contribution < 1.29 is 47.2 Å². The summed E-state index contributed by atoms with van der Waals surface area (Å²) in [5.41, 5.74) is -1.60. The zero-order valence-electron chi connectivity index (χ0n) is 14.1. The van der Waals surface area contributed by atoms with Crippen molar-refractivity contribution in [1.29, 1.82) is 0 Å². The molecule has 1 aliphatic rings. The van der Waals surface area contributed by atoms with Crippen molar-refractivity contribution in [3.63, 3.8) is 0 Å². The van der Waals surface area contributed by atoms with Gasteiger partial charge in [-0.15, -0.1) is 0 Å². The second-order valence-corrected chi connectivity index (χ2v) is 7.27. The molecule has 0 radical (unpaired) electrons. The highest BCUT2D eigenvalue weighted by molar-refractivity contribution is 7.81. The van der Waals surface area contributed by atoms with Gasteiger partial charge in [-0.2, -0.15) is 8.42 Å². The van der Waals surface area contributed by atoms with Crippen molar-refractivity contribution in [3.8, 4) is 28.7 Å². The summed E-state index contributed by atoms with van der Waals surface area (Å²) < 4.78 is 35.5. The Kier molecular flexibility index (Phi) is 3.73. The fourth-order valence-corrected chi connectivity index (χ4v) is 3.72. The van der Waals surface area contributed by atoms with Crippen molar-refractivity contribution in [1.82, 2.24) is 0 Å². The monoisotopic (exact) mass is 418 g/mol.